The van der Waals surface area contributed by atoms with Crippen LogP contribution in [0.1, 0.15) is 36.1 Å². The van der Waals surface area contributed by atoms with Crippen LogP contribution in [0, 0.1) is 11.8 Å². The monoisotopic (exact) mass is 412 g/mol. The van der Waals surface area contributed by atoms with Crippen molar-refractivity contribution in [3.05, 3.63) is 95.6 Å². The lowest BCUT2D eigenvalue weighted by Crippen LogP contribution is -2.29. The first-order chi connectivity index (χ1) is 15.0. The van der Waals surface area contributed by atoms with Crippen LogP contribution in [0.25, 0.3) is 0 Å². The number of methoxy groups -OCH3 is 1. The number of anilines is 1. The van der Waals surface area contributed by atoms with Gasteiger partial charge in [-0.1, -0.05) is 48.2 Å². The molecule has 31 heavy (non-hydrogen) atoms. The Balaban J connectivity index is 1.69. The van der Waals surface area contributed by atoms with Gasteiger partial charge in [0, 0.05) is 23.7 Å². The van der Waals surface area contributed by atoms with Crippen molar-refractivity contribution in [2.24, 2.45) is 0 Å². The molecule has 0 fully saturated rings. The van der Waals surface area contributed by atoms with E-state index in [1.54, 1.807) is 19.2 Å². The lowest BCUT2D eigenvalue weighted by atomic mass is 10.0. The van der Waals surface area contributed by atoms with E-state index in [2.05, 4.69) is 22.5 Å². The molecule has 2 amide bonds. The SMILES string of the molecule is COc1ccc(C(CC(=O)Nc2cccc(C#Cc3ccccc3)c2)NC(C)=O)cc1. The minimum absolute atomic E-state index is 0.103. The smallest absolute Gasteiger partial charge is 0.226 e. The number of nitrogens with one attached hydrogen (secondary N) is 2. The summed E-state index contributed by atoms with van der Waals surface area (Å²) in [5.41, 5.74) is 3.21. The Morgan fingerprint density at radius 2 is 1.58 bits per heavy atom. The maximum absolute atomic E-state index is 12.7. The predicted octanol–water partition coefficient (Wildman–Crippen LogP) is 4.30. The highest BCUT2D eigenvalue weighted by Gasteiger charge is 2.17. The highest BCUT2D eigenvalue weighted by Crippen LogP contribution is 2.21. The summed E-state index contributed by atoms with van der Waals surface area (Å²) in [5, 5.41) is 5.73. The molecule has 0 spiro atoms. The molecule has 5 nitrogen and oxygen atoms in total. The van der Waals surface area contributed by atoms with Gasteiger partial charge in [0.05, 0.1) is 19.6 Å². The van der Waals surface area contributed by atoms with E-state index in [0.717, 1.165) is 16.7 Å². The third kappa shape index (κ3) is 6.76. The second-order valence-electron chi connectivity index (χ2n) is 6.98. The molecular weight excluding hydrogens is 388 g/mol. The van der Waals surface area contributed by atoms with Crippen molar-refractivity contribution in [1.82, 2.24) is 5.32 Å². The van der Waals surface area contributed by atoms with Gasteiger partial charge in [-0.25, -0.2) is 0 Å². The van der Waals surface area contributed by atoms with E-state index in [1.165, 1.54) is 6.92 Å². The first kappa shape index (κ1) is 21.7. The molecule has 156 valence electrons. The van der Waals surface area contributed by atoms with Crippen molar-refractivity contribution in [2.75, 3.05) is 12.4 Å². The van der Waals surface area contributed by atoms with Gasteiger partial charge in [0.2, 0.25) is 11.8 Å². The molecule has 1 atom stereocenters. The third-order valence-corrected chi connectivity index (χ3v) is 4.56. The van der Waals surface area contributed by atoms with Crippen LogP contribution in [0.4, 0.5) is 5.69 Å². The van der Waals surface area contributed by atoms with E-state index >= 15 is 0 Å². The van der Waals surface area contributed by atoms with Crippen LogP contribution < -0.4 is 15.4 Å². The average molecular weight is 412 g/mol. The van der Waals surface area contributed by atoms with Crippen LogP contribution in [-0.4, -0.2) is 18.9 Å². The van der Waals surface area contributed by atoms with Gasteiger partial charge in [-0.2, -0.15) is 0 Å². The minimum atomic E-state index is -0.440. The summed E-state index contributed by atoms with van der Waals surface area (Å²) in [4.78, 5) is 24.3. The molecule has 3 aromatic rings. The molecule has 0 aromatic heterocycles. The van der Waals surface area contributed by atoms with Crippen LogP contribution in [0.2, 0.25) is 0 Å². The molecule has 0 saturated carbocycles. The van der Waals surface area contributed by atoms with E-state index in [0.29, 0.717) is 11.4 Å². The Morgan fingerprint density at radius 3 is 2.26 bits per heavy atom. The summed E-state index contributed by atoms with van der Waals surface area (Å²) in [6.07, 6.45) is 0.103. The second-order valence-corrected chi connectivity index (χ2v) is 6.98. The van der Waals surface area contributed by atoms with Gasteiger partial charge >= 0.3 is 0 Å². The molecule has 0 saturated heterocycles. The van der Waals surface area contributed by atoms with E-state index < -0.39 is 6.04 Å². The molecule has 3 aromatic carbocycles. The quantitative estimate of drug-likeness (QED) is 0.593. The van der Waals surface area contributed by atoms with E-state index in [9.17, 15) is 9.59 Å². The number of benzene rings is 3. The van der Waals surface area contributed by atoms with Crippen molar-refractivity contribution >= 4 is 17.5 Å². The number of carbonyl (C=O) groups excluding carboxylic acids is 2. The molecule has 0 radical (unpaired) electrons. The molecule has 3 rings (SSSR count). The Kier molecular flexibility index (Phi) is 7.45. The number of carbonyl (C=O) groups is 2. The van der Waals surface area contributed by atoms with Crippen LogP contribution in [0.5, 0.6) is 5.75 Å². The average Bonchev–Trinajstić information content (AvgIpc) is 2.78. The van der Waals surface area contributed by atoms with Gasteiger partial charge in [-0.3, -0.25) is 9.59 Å². The summed E-state index contributed by atoms with van der Waals surface area (Å²) in [6, 6.07) is 23.9. The zero-order valence-electron chi connectivity index (χ0n) is 17.5. The van der Waals surface area contributed by atoms with Crippen molar-refractivity contribution in [1.29, 1.82) is 0 Å². The second kappa shape index (κ2) is 10.7. The molecule has 1 unspecified atom stereocenters. The van der Waals surface area contributed by atoms with Crippen molar-refractivity contribution in [3.8, 4) is 17.6 Å². The normalized spacial score (nSPS) is 10.9. The van der Waals surface area contributed by atoms with Crippen molar-refractivity contribution in [2.45, 2.75) is 19.4 Å². The Morgan fingerprint density at radius 1 is 0.903 bits per heavy atom. The van der Waals surface area contributed by atoms with Crippen LogP contribution in [0.15, 0.2) is 78.9 Å². The number of amides is 2. The molecule has 2 N–H and O–H groups in total. The Hall–Kier alpha value is -4.04. The fourth-order valence-corrected chi connectivity index (χ4v) is 3.07. The Bertz CT molecular complexity index is 1100. The highest BCUT2D eigenvalue weighted by atomic mass is 16.5. The largest absolute Gasteiger partial charge is 0.497 e. The molecular formula is C26H24N2O3. The zero-order chi connectivity index (χ0) is 22.1. The van der Waals surface area contributed by atoms with E-state index in [4.69, 9.17) is 4.74 Å². The summed E-state index contributed by atoms with van der Waals surface area (Å²) >= 11 is 0. The van der Waals surface area contributed by atoms with Gasteiger partial charge in [0.15, 0.2) is 0 Å². The van der Waals surface area contributed by atoms with Crippen molar-refractivity contribution in [3.63, 3.8) is 0 Å². The van der Waals surface area contributed by atoms with Gasteiger partial charge in [0.25, 0.3) is 0 Å². The van der Waals surface area contributed by atoms with Gasteiger partial charge in [-0.15, -0.1) is 0 Å². The van der Waals surface area contributed by atoms with Gasteiger partial charge in [-0.05, 0) is 48.0 Å². The van der Waals surface area contributed by atoms with E-state index in [-0.39, 0.29) is 18.2 Å². The fourth-order valence-electron chi connectivity index (χ4n) is 3.07. The van der Waals surface area contributed by atoms with Crippen LogP contribution in [-0.2, 0) is 9.59 Å². The first-order valence-electron chi connectivity index (χ1n) is 9.91. The molecule has 0 bridgehead atoms. The number of rotatable bonds is 6. The number of hydrogen-bond donors (Lipinski definition) is 2. The zero-order valence-corrected chi connectivity index (χ0v) is 17.5. The highest BCUT2D eigenvalue weighted by molar-refractivity contribution is 5.91. The minimum Gasteiger partial charge on any atom is -0.497 e. The number of ether oxygens (including phenoxy) is 1. The summed E-state index contributed by atoms with van der Waals surface area (Å²) < 4.78 is 5.17. The lowest BCUT2D eigenvalue weighted by Gasteiger charge is -2.18. The molecule has 0 aliphatic heterocycles. The number of hydrogen-bond acceptors (Lipinski definition) is 3. The first-order valence-corrected chi connectivity index (χ1v) is 9.91. The molecule has 0 heterocycles. The maximum atomic E-state index is 12.7. The Labute approximate surface area is 182 Å². The van der Waals surface area contributed by atoms with Gasteiger partial charge in [0.1, 0.15) is 5.75 Å². The standard InChI is InChI=1S/C26H24N2O3/c1-19(29)27-25(22-13-15-24(31-2)16-14-22)18-26(30)28-23-10-6-9-21(17-23)12-11-20-7-4-3-5-8-20/h3-10,13-17,25H,18H2,1-2H3,(H,27,29)(H,28,30). The van der Waals surface area contributed by atoms with Gasteiger partial charge < -0.3 is 15.4 Å². The van der Waals surface area contributed by atoms with Crippen LogP contribution >= 0.6 is 0 Å². The van der Waals surface area contributed by atoms with E-state index in [1.807, 2.05) is 66.7 Å². The summed E-state index contributed by atoms with van der Waals surface area (Å²) in [5.74, 6) is 6.52. The third-order valence-electron chi connectivity index (χ3n) is 4.56. The fraction of sp³-hybridized carbons (Fsp3) is 0.154. The van der Waals surface area contributed by atoms with Crippen molar-refractivity contribution < 1.29 is 14.3 Å². The molecule has 0 aliphatic rings. The lowest BCUT2D eigenvalue weighted by molar-refractivity contribution is -0.120. The van der Waals surface area contributed by atoms with Crippen LogP contribution in [0.3, 0.4) is 0 Å². The topological polar surface area (TPSA) is 67.4 Å². The molecule has 5 heteroatoms. The predicted molar refractivity (Wildman–Crippen MR) is 122 cm³/mol. The maximum Gasteiger partial charge on any atom is 0.226 e. The summed E-state index contributed by atoms with van der Waals surface area (Å²) in [7, 11) is 1.59. The molecule has 0 aliphatic carbocycles. The summed E-state index contributed by atoms with van der Waals surface area (Å²) in [6.45, 7) is 1.43.